The Morgan fingerprint density at radius 2 is 2.23 bits per heavy atom. The van der Waals surface area contributed by atoms with Crippen molar-refractivity contribution in [2.24, 2.45) is 0 Å². The number of halogens is 2. The van der Waals surface area contributed by atoms with Crippen LogP contribution in [0.25, 0.3) is 0 Å². The summed E-state index contributed by atoms with van der Waals surface area (Å²) < 4.78 is 26.4. The Morgan fingerprint density at radius 1 is 1.50 bits per heavy atom. The molecule has 1 amide bonds. The van der Waals surface area contributed by atoms with Gasteiger partial charge in [0.2, 0.25) is 0 Å². The average molecular weight is 365 g/mol. The molecule has 1 aromatic carbocycles. The van der Waals surface area contributed by atoms with Crippen molar-refractivity contribution in [3.8, 4) is 0 Å². The molecular weight excluding hydrogens is 348 g/mol. The van der Waals surface area contributed by atoms with Gasteiger partial charge in [-0.05, 0) is 25.0 Å². The Balaban J connectivity index is 1.78. The fraction of sp³-hybridized carbons (Fsp3) is 0.375. The van der Waals surface area contributed by atoms with Crippen molar-refractivity contribution in [2.75, 3.05) is 12.4 Å². The highest BCUT2D eigenvalue weighted by Crippen LogP contribution is 2.31. The molecule has 0 aliphatic heterocycles. The maximum absolute atomic E-state index is 12.9. The first-order valence-electron chi connectivity index (χ1n) is 7.97. The van der Waals surface area contributed by atoms with E-state index in [0.717, 1.165) is 19.0 Å². The number of carbonyl (C=O) groups is 1. The molecule has 10 heteroatoms. The van der Waals surface area contributed by atoms with Gasteiger partial charge in [0.25, 0.3) is 11.6 Å². The Labute approximate surface area is 147 Å². The van der Waals surface area contributed by atoms with Gasteiger partial charge in [0.1, 0.15) is 11.5 Å². The summed E-state index contributed by atoms with van der Waals surface area (Å²) in [4.78, 5) is 28.3. The summed E-state index contributed by atoms with van der Waals surface area (Å²) in [6, 6.07) is 4.41. The van der Waals surface area contributed by atoms with Crippen LogP contribution in [0.4, 0.5) is 20.2 Å². The number of amides is 1. The predicted octanol–water partition coefficient (Wildman–Crippen LogP) is 3.03. The molecule has 1 aliphatic rings. The Morgan fingerprint density at radius 3 is 2.85 bits per heavy atom. The van der Waals surface area contributed by atoms with E-state index in [4.69, 9.17) is 0 Å². The normalized spacial score (nSPS) is 13.7. The zero-order valence-electron chi connectivity index (χ0n) is 13.9. The van der Waals surface area contributed by atoms with Gasteiger partial charge >= 0.3 is 6.55 Å². The lowest BCUT2D eigenvalue weighted by atomic mass is 10.1. The van der Waals surface area contributed by atoms with Crippen LogP contribution in [0, 0.1) is 10.1 Å². The van der Waals surface area contributed by atoms with Crippen LogP contribution in [0.15, 0.2) is 30.6 Å². The second-order valence-corrected chi connectivity index (χ2v) is 6.10. The van der Waals surface area contributed by atoms with Gasteiger partial charge < -0.3 is 10.2 Å². The maximum Gasteiger partial charge on any atom is 0.319 e. The van der Waals surface area contributed by atoms with E-state index < -0.39 is 17.4 Å². The molecule has 2 aromatic rings. The number of anilines is 1. The van der Waals surface area contributed by atoms with Crippen LogP contribution < -0.4 is 5.32 Å². The number of nitrogens with one attached hydrogen (secondary N) is 1. The minimum Gasteiger partial charge on any atom is -0.377 e. The Hall–Kier alpha value is -3.04. The summed E-state index contributed by atoms with van der Waals surface area (Å²) in [6.07, 6.45) is 4.26. The molecule has 1 aliphatic carbocycles. The first kappa shape index (κ1) is 17.8. The predicted molar refractivity (Wildman–Crippen MR) is 89.0 cm³/mol. The first-order chi connectivity index (χ1) is 12.4. The third kappa shape index (κ3) is 3.79. The zero-order valence-corrected chi connectivity index (χ0v) is 13.9. The van der Waals surface area contributed by atoms with Gasteiger partial charge in [0, 0.05) is 37.1 Å². The van der Waals surface area contributed by atoms with Crippen molar-refractivity contribution in [2.45, 2.75) is 32.0 Å². The topological polar surface area (TPSA) is 93.3 Å². The minimum atomic E-state index is -2.76. The minimum absolute atomic E-state index is 0.0253. The van der Waals surface area contributed by atoms with Gasteiger partial charge in [-0.3, -0.25) is 19.5 Å². The van der Waals surface area contributed by atoms with Crippen LogP contribution in [0.1, 0.15) is 35.6 Å². The van der Waals surface area contributed by atoms with Crippen LogP contribution in [0.5, 0.6) is 0 Å². The molecule has 0 spiro atoms. The standard InChI is InChI=1S/C16H17F2N5O3/c1-21(9-14-19-6-7-22(14)16(17)18)15(24)10-2-5-12(20-11-3-4-11)13(8-10)23(25)26/h2,5-8,11,16,20H,3-4,9H2,1H3. The first-order valence-corrected chi connectivity index (χ1v) is 7.97. The van der Waals surface area contributed by atoms with Crippen LogP contribution in [-0.2, 0) is 6.54 Å². The van der Waals surface area contributed by atoms with Crippen molar-refractivity contribution in [1.29, 1.82) is 0 Å². The molecule has 3 rings (SSSR count). The fourth-order valence-corrected chi connectivity index (χ4v) is 2.53. The summed E-state index contributed by atoms with van der Waals surface area (Å²) in [5, 5.41) is 14.3. The van der Waals surface area contributed by atoms with E-state index >= 15 is 0 Å². The number of carbonyl (C=O) groups excluding carboxylic acids is 1. The molecule has 1 fully saturated rings. The number of nitro benzene ring substituents is 1. The lowest BCUT2D eigenvalue weighted by molar-refractivity contribution is -0.384. The number of hydrogen-bond donors (Lipinski definition) is 1. The molecule has 0 unspecified atom stereocenters. The van der Waals surface area contributed by atoms with Crippen LogP contribution in [-0.4, -0.2) is 38.4 Å². The third-order valence-corrected chi connectivity index (χ3v) is 4.06. The number of benzene rings is 1. The van der Waals surface area contributed by atoms with Gasteiger partial charge in [-0.15, -0.1) is 0 Å². The average Bonchev–Trinajstić information content (AvgIpc) is 3.29. The molecule has 0 atom stereocenters. The van der Waals surface area contributed by atoms with E-state index in [1.807, 2.05) is 0 Å². The van der Waals surface area contributed by atoms with Gasteiger partial charge in [0.05, 0.1) is 11.5 Å². The monoisotopic (exact) mass is 365 g/mol. The summed E-state index contributed by atoms with van der Waals surface area (Å²) in [5.74, 6) is -0.493. The third-order valence-electron chi connectivity index (χ3n) is 4.06. The molecule has 0 bridgehead atoms. The van der Waals surface area contributed by atoms with Crippen molar-refractivity contribution in [3.05, 3.63) is 52.1 Å². The zero-order chi connectivity index (χ0) is 18.8. The number of alkyl halides is 2. The summed E-state index contributed by atoms with van der Waals surface area (Å²) >= 11 is 0. The highest BCUT2D eigenvalue weighted by atomic mass is 19.3. The maximum atomic E-state index is 12.9. The number of nitro groups is 1. The van der Waals surface area contributed by atoms with Crippen molar-refractivity contribution in [3.63, 3.8) is 0 Å². The SMILES string of the molecule is CN(Cc1nccn1C(F)F)C(=O)c1ccc(NC2CC2)c([N+](=O)[O-])c1. The summed E-state index contributed by atoms with van der Waals surface area (Å²) in [6.45, 7) is -2.91. The van der Waals surface area contributed by atoms with E-state index in [-0.39, 0.29) is 29.7 Å². The molecule has 26 heavy (non-hydrogen) atoms. The second-order valence-electron chi connectivity index (χ2n) is 6.10. The summed E-state index contributed by atoms with van der Waals surface area (Å²) in [5.41, 5.74) is 0.283. The van der Waals surface area contributed by atoms with E-state index in [1.165, 1.54) is 36.3 Å². The van der Waals surface area contributed by atoms with Gasteiger partial charge in [-0.1, -0.05) is 0 Å². The fourth-order valence-electron chi connectivity index (χ4n) is 2.53. The van der Waals surface area contributed by atoms with Crippen LogP contribution in [0.3, 0.4) is 0 Å². The number of aromatic nitrogens is 2. The number of rotatable bonds is 7. The van der Waals surface area contributed by atoms with Gasteiger partial charge in [0.15, 0.2) is 0 Å². The molecular formula is C16H17F2N5O3. The molecule has 8 nitrogen and oxygen atoms in total. The number of hydrogen-bond acceptors (Lipinski definition) is 5. The van der Waals surface area contributed by atoms with E-state index in [2.05, 4.69) is 10.3 Å². The Bertz CT molecular complexity index is 835. The van der Waals surface area contributed by atoms with Crippen LogP contribution in [0.2, 0.25) is 0 Å². The second kappa shape index (κ2) is 7.06. The molecule has 138 valence electrons. The molecule has 0 saturated heterocycles. The van der Waals surface area contributed by atoms with Gasteiger partial charge in [-0.25, -0.2) is 4.98 Å². The lowest BCUT2D eigenvalue weighted by Crippen LogP contribution is -2.28. The van der Waals surface area contributed by atoms with Crippen molar-refractivity contribution < 1.29 is 18.5 Å². The molecule has 1 aromatic heterocycles. The van der Waals surface area contributed by atoms with E-state index in [9.17, 15) is 23.7 Å². The highest BCUT2D eigenvalue weighted by molar-refractivity contribution is 5.95. The van der Waals surface area contributed by atoms with E-state index in [1.54, 1.807) is 0 Å². The van der Waals surface area contributed by atoms with Crippen LogP contribution >= 0.6 is 0 Å². The van der Waals surface area contributed by atoms with Crippen molar-refractivity contribution >= 4 is 17.3 Å². The molecule has 1 heterocycles. The summed E-state index contributed by atoms with van der Waals surface area (Å²) in [7, 11) is 1.43. The molecule has 0 radical (unpaired) electrons. The number of imidazole rings is 1. The Kier molecular flexibility index (Phi) is 4.83. The molecule has 1 N–H and O–H groups in total. The quantitative estimate of drug-likeness (QED) is 0.601. The van der Waals surface area contributed by atoms with Gasteiger partial charge in [-0.2, -0.15) is 8.78 Å². The van der Waals surface area contributed by atoms with E-state index in [0.29, 0.717) is 10.3 Å². The highest BCUT2D eigenvalue weighted by Gasteiger charge is 2.26. The molecule has 1 saturated carbocycles. The largest absolute Gasteiger partial charge is 0.377 e. The number of nitrogens with zero attached hydrogens (tertiary/aromatic N) is 4. The smallest absolute Gasteiger partial charge is 0.319 e. The lowest BCUT2D eigenvalue weighted by Gasteiger charge is -2.18. The van der Waals surface area contributed by atoms with Crippen molar-refractivity contribution in [1.82, 2.24) is 14.5 Å².